The van der Waals surface area contributed by atoms with Crippen molar-refractivity contribution in [3.8, 4) is 0 Å². The molecule has 2 aliphatic heterocycles. The lowest BCUT2D eigenvalue weighted by molar-refractivity contribution is -0.329. The molecule has 0 radical (unpaired) electrons. The highest BCUT2D eigenvalue weighted by molar-refractivity contribution is 7.99. The third-order valence-corrected chi connectivity index (χ3v) is 8.36. The Kier molecular flexibility index (Phi) is 8.93. The van der Waals surface area contributed by atoms with Crippen molar-refractivity contribution >= 4 is 11.8 Å². The van der Waals surface area contributed by atoms with Crippen LogP contribution in [-0.4, -0.2) is 36.5 Å². The topological polar surface area (TPSA) is 46.2 Å². The Morgan fingerprint density at radius 1 is 0.675 bits per heavy atom. The Morgan fingerprint density at radius 2 is 1.25 bits per heavy atom. The zero-order valence-electron chi connectivity index (χ0n) is 22.5. The molecule has 0 aliphatic carbocycles. The Hall–Kier alpha value is -2.97. The predicted molar refractivity (Wildman–Crippen MR) is 156 cm³/mol. The van der Waals surface area contributed by atoms with Gasteiger partial charge < -0.3 is 23.7 Å². The minimum Gasteiger partial charge on any atom is -0.368 e. The first-order valence-corrected chi connectivity index (χ1v) is 14.6. The fraction of sp³-hybridized carbons (Fsp3) is 0.294. The first kappa shape index (κ1) is 27.2. The van der Waals surface area contributed by atoms with Crippen LogP contribution in [0.15, 0.2) is 120 Å². The van der Waals surface area contributed by atoms with Crippen molar-refractivity contribution in [3.05, 3.63) is 138 Å². The second kappa shape index (κ2) is 13.1. The summed E-state index contributed by atoms with van der Waals surface area (Å²) >= 11 is 1.66. The fourth-order valence-electron chi connectivity index (χ4n) is 5.07. The minimum atomic E-state index is -0.495. The van der Waals surface area contributed by atoms with Crippen LogP contribution in [0.25, 0.3) is 0 Å². The summed E-state index contributed by atoms with van der Waals surface area (Å²) in [5, 5.41) is 0. The number of thioether (sulfide) groups is 1. The van der Waals surface area contributed by atoms with Crippen molar-refractivity contribution in [2.24, 2.45) is 0 Å². The lowest BCUT2D eigenvalue weighted by Crippen LogP contribution is -2.62. The monoisotopic (exact) mass is 554 g/mol. The van der Waals surface area contributed by atoms with Crippen LogP contribution in [-0.2, 0) is 36.9 Å². The lowest BCUT2D eigenvalue weighted by atomic mass is 9.98. The van der Waals surface area contributed by atoms with Gasteiger partial charge >= 0.3 is 0 Å². The van der Waals surface area contributed by atoms with Gasteiger partial charge in [-0.1, -0.05) is 120 Å². The van der Waals surface area contributed by atoms with Crippen molar-refractivity contribution in [2.45, 2.75) is 61.2 Å². The third-order valence-electron chi connectivity index (χ3n) is 7.20. The first-order valence-electron chi connectivity index (χ1n) is 13.7. The summed E-state index contributed by atoms with van der Waals surface area (Å²) in [5.41, 5.74) is 4.08. The molecule has 0 amide bonds. The molecule has 0 N–H and O–H groups in total. The number of rotatable bonds is 9. The highest BCUT2D eigenvalue weighted by Crippen LogP contribution is 2.41. The molecule has 2 aliphatic rings. The second-order valence-corrected chi connectivity index (χ2v) is 11.3. The smallest absolute Gasteiger partial charge is 0.184 e. The first-order chi connectivity index (χ1) is 19.7. The van der Waals surface area contributed by atoms with Crippen LogP contribution < -0.4 is 0 Å². The van der Waals surface area contributed by atoms with E-state index in [9.17, 15) is 0 Å². The van der Waals surface area contributed by atoms with Gasteiger partial charge in [0.05, 0.1) is 19.8 Å². The van der Waals surface area contributed by atoms with E-state index < -0.39 is 6.29 Å². The third kappa shape index (κ3) is 6.66. The molecule has 2 heterocycles. The molecule has 0 saturated carbocycles. The standard InChI is InChI=1S/C34H34O5S/c1-24-17-19-28(20-18-24)40-34-32(36-22-26-13-7-3-8-14-26)31(35-21-25-11-5-2-6-12-25)30-29(38-34)23-37-33(39-30)27-15-9-4-10-16-27/h2-20,29-34H,21-23H2,1H3/t29-,30+,31+,32-,33-,34+/m1/s1. The van der Waals surface area contributed by atoms with Gasteiger partial charge in [-0.2, -0.15) is 0 Å². The summed E-state index contributed by atoms with van der Waals surface area (Å²) in [6.07, 6.45) is -1.91. The molecule has 6 atom stereocenters. The zero-order valence-corrected chi connectivity index (χ0v) is 23.3. The van der Waals surface area contributed by atoms with Crippen LogP contribution in [0.3, 0.4) is 0 Å². The Labute approximate surface area is 240 Å². The number of benzene rings is 4. The lowest BCUT2D eigenvalue weighted by Gasteiger charge is -2.49. The van der Waals surface area contributed by atoms with Gasteiger partial charge in [0, 0.05) is 10.5 Å². The molecule has 6 rings (SSSR count). The molecule has 4 aromatic rings. The normalized spacial score (nSPS) is 26.2. The van der Waals surface area contributed by atoms with Crippen molar-refractivity contribution in [1.29, 1.82) is 0 Å². The number of aryl methyl sites for hydroxylation is 1. The van der Waals surface area contributed by atoms with E-state index in [1.165, 1.54) is 5.56 Å². The van der Waals surface area contributed by atoms with Gasteiger partial charge in [0.1, 0.15) is 29.9 Å². The van der Waals surface area contributed by atoms with Crippen molar-refractivity contribution in [2.75, 3.05) is 6.61 Å². The number of fused-ring (bicyclic) bond motifs is 1. The molecule has 0 bridgehead atoms. The fourth-order valence-corrected chi connectivity index (χ4v) is 6.20. The molecule has 0 unspecified atom stereocenters. The maximum Gasteiger partial charge on any atom is 0.184 e. The summed E-state index contributed by atoms with van der Waals surface area (Å²) in [4.78, 5) is 1.11. The van der Waals surface area contributed by atoms with Gasteiger partial charge in [0.15, 0.2) is 6.29 Å². The summed E-state index contributed by atoms with van der Waals surface area (Å²) in [7, 11) is 0. The molecule has 6 heteroatoms. The Morgan fingerprint density at radius 3 is 1.88 bits per heavy atom. The van der Waals surface area contributed by atoms with E-state index in [-0.39, 0.29) is 29.9 Å². The van der Waals surface area contributed by atoms with E-state index in [4.69, 9.17) is 23.7 Å². The number of ether oxygens (including phenoxy) is 5. The van der Waals surface area contributed by atoms with Gasteiger partial charge in [-0.3, -0.25) is 0 Å². The molecule has 206 valence electrons. The van der Waals surface area contributed by atoms with E-state index in [0.29, 0.717) is 19.8 Å². The van der Waals surface area contributed by atoms with Crippen LogP contribution in [0.2, 0.25) is 0 Å². The van der Waals surface area contributed by atoms with Crippen LogP contribution in [0.4, 0.5) is 0 Å². The maximum atomic E-state index is 6.71. The summed E-state index contributed by atoms with van der Waals surface area (Å²) in [6, 6.07) is 39.0. The van der Waals surface area contributed by atoms with E-state index >= 15 is 0 Å². The second-order valence-electron chi connectivity index (χ2n) is 10.2. The SMILES string of the molecule is Cc1ccc(S[C@@H]2O[C@@H]3CO[C@@H](c4ccccc4)O[C@@H]3[C@H](OCc3ccccc3)[C@H]2OCc2ccccc2)cc1. The van der Waals surface area contributed by atoms with E-state index in [2.05, 4.69) is 55.5 Å². The molecule has 0 spiro atoms. The summed E-state index contributed by atoms with van der Waals surface area (Å²) in [6.45, 7) is 3.39. The van der Waals surface area contributed by atoms with Gasteiger partial charge in [0.2, 0.25) is 0 Å². The average molecular weight is 555 g/mol. The van der Waals surface area contributed by atoms with Crippen molar-refractivity contribution in [1.82, 2.24) is 0 Å². The van der Waals surface area contributed by atoms with Crippen LogP contribution in [0.5, 0.6) is 0 Å². The quantitative estimate of drug-likeness (QED) is 0.220. The molecular weight excluding hydrogens is 520 g/mol. The zero-order chi connectivity index (χ0) is 27.1. The van der Waals surface area contributed by atoms with E-state index in [1.807, 2.05) is 66.7 Å². The van der Waals surface area contributed by atoms with Crippen LogP contribution in [0, 0.1) is 6.92 Å². The predicted octanol–water partition coefficient (Wildman–Crippen LogP) is 7.10. The molecule has 4 aromatic carbocycles. The van der Waals surface area contributed by atoms with Crippen molar-refractivity contribution < 1.29 is 23.7 Å². The molecule has 0 aromatic heterocycles. The highest BCUT2D eigenvalue weighted by atomic mass is 32.2. The van der Waals surface area contributed by atoms with Gasteiger partial charge in [-0.15, -0.1) is 0 Å². The van der Waals surface area contributed by atoms with Gasteiger partial charge in [-0.05, 0) is 30.2 Å². The van der Waals surface area contributed by atoms with Crippen LogP contribution >= 0.6 is 11.8 Å². The van der Waals surface area contributed by atoms with E-state index in [0.717, 1.165) is 21.6 Å². The minimum absolute atomic E-state index is 0.291. The Balaban J connectivity index is 1.30. The molecular formula is C34H34O5S. The largest absolute Gasteiger partial charge is 0.368 e. The molecule has 5 nitrogen and oxygen atoms in total. The van der Waals surface area contributed by atoms with E-state index in [1.54, 1.807) is 11.8 Å². The average Bonchev–Trinajstić information content (AvgIpc) is 3.01. The van der Waals surface area contributed by atoms with Crippen LogP contribution in [0.1, 0.15) is 28.5 Å². The summed E-state index contributed by atoms with van der Waals surface area (Å²) < 4.78 is 32.9. The number of hydrogen-bond acceptors (Lipinski definition) is 6. The highest BCUT2D eigenvalue weighted by Gasteiger charge is 2.51. The summed E-state index contributed by atoms with van der Waals surface area (Å²) in [5.74, 6) is 0. The molecule has 2 fully saturated rings. The molecule has 40 heavy (non-hydrogen) atoms. The number of hydrogen-bond donors (Lipinski definition) is 0. The Bertz CT molecular complexity index is 1320. The van der Waals surface area contributed by atoms with Crippen molar-refractivity contribution in [3.63, 3.8) is 0 Å². The molecule has 2 saturated heterocycles. The van der Waals surface area contributed by atoms with Gasteiger partial charge in [0.25, 0.3) is 0 Å². The maximum absolute atomic E-state index is 6.71. The van der Waals surface area contributed by atoms with Gasteiger partial charge in [-0.25, -0.2) is 0 Å².